The quantitative estimate of drug-likeness (QED) is 0.0357. The third-order valence-corrected chi connectivity index (χ3v) is 7.75. The minimum absolute atomic E-state index is 0.180. The first-order valence-electron chi connectivity index (χ1n) is 17.7. The Morgan fingerprint density at radius 1 is 0.357 bits per heavy atom. The van der Waals surface area contributed by atoms with Gasteiger partial charge in [0, 0.05) is 25.0 Å². The highest BCUT2D eigenvalue weighted by molar-refractivity contribution is 5.98. The second kappa shape index (κ2) is 31.9. The fourth-order valence-corrected chi connectivity index (χ4v) is 5.10. The minimum Gasteiger partial charge on any atom is -0.390 e. The highest BCUT2D eigenvalue weighted by atomic mass is 16.6. The average Bonchev–Trinajstić information content (AvgIpc) is 2.96. The van der Waals surface area contributed by atoms with E-state index in [1.165, 1.54) is 128 Å². The van der Waals surface area contributed by atoms with Crippen molar-refractivity contribution in [1.82, 2.24) is 0 Å². The summed E-state index contributed by atoms with van der Waals surface area (Å²) in [5.41, 5.74) is 0. The van der Waals surface area contributed by atoms with Gasteiger partial charge < -0.3 is 9.47 Å². The molecule has 0 aromatic rings. The minimum atomic E-state index is -0.921. The number of hydrogen-bond acceptors (Lipinski definition) is 6. The summed E-state index contributed by atoms with van der Waals surface area (Å²) in [7, 11) is 0. The molecule has 0 aromatic heterocycles. The summed E-state index contributed by atoms with van der Waals surface area (Å²) >= 11 is 0. The summed E-state index contributed by atoms with van der Waals surface area (Å²) in [5, 5.41) is 0. The van der Waals surface area contributed by atoms with E-state index < -0.39 is 23.9 Å². The number of hydrogen-bond donors (Lipinski definition) is 0. The molecule has 0 spiro atoms. The second-order valence-corrected chi connectivity index (χ2v) is 11.9. The van der Waals surface area contributed by atoms with Crippen molar-refractivity contribution in [3.05, 3.63) is 12.2 Å². The SMILES string of the molecule is CCCCCCCCCCCCCCCC(=O)OC(=O)/C=C/C(=O)OC(=O)CCCCCCCCCCCCCCC. The second-order valence-electron chi connectivity index (χ2n) is 11.9. The van der Waals surface area contributed by atoms with E-state index in [9.17, 15) is 19.2 Å². The Hall–Kier alpha value is -1.98. The first kappa shape index (κ1) is 40.0. The molecule has 0 aliphatic heterocycles. The van der Waals surface area contributed by atoms with Crippen molar-refractivity contribution < 1.29 is 28.7 Å². The van der Waals surface area contributed by atoms with Crippen LogP contribution in [-0.4, -0.2) is 23.9 Å². The van der Waals surface area contributed by atoms with Crippen LogP contribution >= 0.6 is 0 Å². The van der Waals surface area contributed by atoms with Crippen molar-refractivity contribution >= 4 is 23.9 Å². The van der Waals surface area contributed by atoms with E-state index >= 15 is 0 Å². The monoisotopic (exact) mass is 592 g/mol. The lowest BCUT2D eigenvalue weighted by atomic mass is 10.0. The van der Waals surface area contributed by atoms with Crippen molar-refractivity contribution in [2.24, 2.45) is 0 Å². The molecule has 0 radical (unpaired) electrons. The Balaban J connectivity index is 3.61. The van der Waals surface area contributed by atoms with E-state index in [0.29, 0.717) is 12.8 Å². The first-order valence-corrected chi connectivity index (χ1v) is 17.7. The van der Waals surface area contributed by atoms with Gasteiger partial charge in [-0.15, -0.1) is 0 Å². The normalized spacial score (nSPS) is 11.2. The van der Waals surface area contributed by atoms with Gasteiger partial charge in [0.05, 0.1) is 0 Å². The molecule has 0 N–H and O–H groups in total. The summed E-state index contributed by atoms with van der Waals surface area (Å²) in [5.74, 6) is -3.04. The third-order valence-electron chi connectivity index (χ3n) is 7.75. The molecule has 244 valence electrons. The summed E-state index contributed by atoms with van der Waals surface area (Å²) in [6, 6.07) is 0. The molecule has 0 bridgehead atoms. The summed E-state index contributed by atoms with van der Waals surface area (Å²) in [6.07, 6.45) is 33.6. The molecule has 0 saturated carbocycles. The van der Waals surface area contributed by atoms with Gasteiger partial charge in [-0.1, -0.05) is 168 Å². The van der Waals surface area contributed by atoms with E-state index in [1.54, 1.807) is 0 Å². The van der Waals surface area contributed by atoms with Crippen molar-refractivity contribution in [1.29, 1.82) is 0 Å². The standard InChI is InChI=1S/C36H64O6/c1-3-5-7-9-11-13-15-17-19-21-23-25-27-29-33(37)41-35(39)31-32-36(40)42-34(38)30-28-26-24-22-20-18-16-14-12-10-8-6-4-2/h31-32H,3-30H2,1-2H3/b32-31+. The van der Waals surface area contributed by atoms with E-state index in [-0.39, 0.29) is 12.8 Å². The van der Waals surface area contributed by atoms with E-state index in [0.717, 1.165) is 37.8 Å². The molecule has 0 saturated heterocycles. The lowest BCUT2D eigenvalue weighted by Crippen LogP contribution is -2.12. The molecule has 0 fully saturated rings. The van der Waals surface area contributed by atoms with Crippen LogP contribution in [-0.2, 0) is 28.7 Å². The van der Waals surface area contributed by atoms with Crippen LogP contribution in [0.5, 0.6) is 0 Å². The van der Waals surface area contributed by atoms with Crippen LogP contribution < -0.4 is 0 Å². The Labute approximate surface area is 258 Å². The van der Waals surface area contributed by atoms with E-state index in [1.807, 2.05) is 0 Å². The number of ether oxygens (including phenoxy) is 2. The van der Waals surface area contributed by atoms with Crippen LogP contribution in [0.1, 0.15) is 194 Å². The maximum absolute atomic E-state index is 11.8. The maximum Gasteiger partial charge on any atom is 0.338 e. The fourth-order valence-electron chi connectivity index (χ4n) is 5.10. The largest absolute Gasteiger partial charge is 0.390 e. The lowest BCUT2D eigenvalue weighted by molar-refractivity contribution is -0.159. The van der Waals surface area contributed by atoms with Gasteiger partial charge in [0.15, 0.2) is 0 Å². The predicted molar refractivity (Wildman–Crippen MR) is 172 cm³/mol. The first-order chi connectivity index (χ1) is 20.5. The summed E-state index contributed by atoms with van der Waals surface area (Å²) in [6.45, 7) is 4.49. The number of carbonyl (C=O) groups is 4. The Morgan fingerprint density at radius 2 is 0.571 bits per heavy atom. The Morgan fingerprint density at radius 3 is 0.810 bits per heavy atom. The fraction of sp³-hybridized carbons (Fsp3) is 0.833. The molecule has 0 aromatic carbocycles. The zero-order valence-electron chi connectivity index (χ0n) is 27.4. The van der Waals surface area contributed by atoms with Crippen molar-refractivity contribution in [2.45, 2.75) is 194 Å². The molecule has 0 amide bonds. The summed E-state index contributed by atoms with van der Waals surface area (Å²) in [4.78, 5) is 47.2. The van der Waals surface area contributed by atoms with Crippen LogP contribution in [0.4, 0.5) is 0 Å². The molecular formula is C36H64O6. The molecule has 6 nitrogen and oxygen atoms in total. The Bertz CT molecular complexity index is 641. The number of esters is 4. The molecule has 0 aliphatic carbocycles. The molecular weight excluding hydrogens is 528 g/mol. The van der Waals surface area contributed by atoms with E-state index in [2.05, 4.69) is 13.8 Å². The van der Waals surface area contributed by atoms with Gasteiger partial charge in [-0.25, -0.2) is 9.59 Å². The van der Waals surface area contributed by atoms with Crippen molar-refractivity contribution in [3.8, 4) is 0 Å². The summed E-state index contributed by atoms with van der Waals surface area (Å²) < 4.78 is 9.42. The topological polar surface area (TPSA) is 86.7 Å². The van der Waals surface area contributed by atoms with Crippen LogP contribution in [0.15, 0.2) is 12.2 Å². The van der Waals surface area contributed by atoms with Crippen LogP contribution in [0.3, 0.4) is 0 Å². The molecule has 0 atom stereocenters. The van der Waals surface area contributed by atoms with Gasteiger partial charge in [-0.05, 0) is 12.8 Å². The highest BCUT2D eigenvalue weighted by Gasteiger charge is 2.11. The molecule has 0 aliphatic rings. The zero-order chi connectivity index (χ0) is 30.9. The van der Waals surface area contributed by atoms with Gasteiger partial charge in [0.2, 0.25) is 0 Å². The van der Waals surface area contributed by atoms with Gasteiger partial charge in [0.25, 0.3) is 0 Å². The van der Waals surface area contributed by atoms with Crippen LogP contribution in [0.2, 0.25) is 0 Å². The molecule has 0 heterocycles. The van der Waals surface area contributed by atoms with Gasteiger partial charge in [0.1, 0.15) is 0 Å². The number of unbranched alkanes of at least 4 members (excludes halogenated alkanes) is 24. The zero-order valence-corrected chi connectivity index (χ0v) is 27.4. The molecule has 0 rings (SSSR count). The smallest absolute Gasteiger partial charge is 0.338 e. The van der Waals surface area contributed by atoms with Gasteiger partial charge in [-0.3, -0.25) is 9.59 Å². The predicted octanol–water partition coefficient (Wildman–Crippen LogP) is 10.6. The van der Waals surface area contributed by atoms with Crippen molar-refractivity contribution in [2.75, 3.05) is 0 Å². The van der Waals surface area contributed by atoms with Crippen molar-refractivity contribution in [3.63, 3.8) is 0 Å². The van der Waals surface area contributed by atoms with Gasteiger partial charge >= 0.3 is 23.9 Å². The van der Waals surface area contributed by atoms with Crippen LogP contribution in [0.25, 0.3) is 0 Å². The molecule has 0 unspecified atom stereocenters. The molecule has 42 heavy (non-hydrogen) atoms. The number of rotatable bonds is 30. The van der Waals surface area contributed by atoms with Crippen LogP contribution in [0, 0.1) is 0 Å². The van der Waals surface area contributed by atoms with Gasteiger partial charge in [-0.2, -0.15) is 0 Å². The highest BCUT2D eigenvalue weighted by Crippen LogP contribution is 2.14. The molecule has 6 heteroatoms. The average molecular weight is 593 g/mol. The third kappa shape index (κ3) is 31.0. The van der Waals surface area contributed by atoms with E-state index in [4.69, 9.17) is 9.47 Å². The Kier molecular flexibility index (Phi) is 30.4. The maximum atomic E-state index is 11.8. The number of carbonyl (C=O) groups excluding carboxylic acids is 4. The lowest BCUT2D eigenvalue weighted by Gasteiger charge is -2.03.